The molecule has 154 valence electrons. The van der Waals surface area contributed by atoms with Gasteiger partial charge in [-0.3, -0.25) is 9.59 Å². The van der Waals surface area contributed by atoms with Crippen molar-refractivity contribution in [2.75, 3.05) is 32.8 Å². The van der Waals surface area contributed by atoms with Gasteiger partial charge in [-0.05, 0) is 42.5 Å². The van der Waals surface area contributed by atoms with Crippen LogP contribution >= 0.6 is 15.9 Å². The summed E-state index contributed by atoms with van der Waals surface area (Å²) >= 11 is 3.36. The number of hydrogen-bond acceptors (Lipinski definition) is 5. The summed E-state index contributed by atoms with van der Waals surface area (Å²) in [6, 6.07) is 13.0. The van der Waals surface area contributed by atoms with Crippen molar-refractivity contribution in [1.29, 1.82) is 0 Å². The van der Waals surface area contributed by atoms with Crippen molar-refractivity contribution >= 4 is 37.8 Å². The highest BCUT2D eigenvalue weighted by Gasteiger charge is 2.29. The number of carbonyl (C=O) groups is 2. The van der Waals surface area contributed by atoms with Crippen LogP contribution in [-0.4, -0.2) is 57.3 Å². The topological polar surface area (TPSA) is 105 Å². The van der Waals surface area contributed by atoms with Crippen molar-refractivity contribution in [2.24, 2.45) is 0 Å². The molecule has 0 atom stereocenters. The summed E-state index contributed by atoms with van der Waals surface area (Å²) in [4.78, 5) is 23.7. The van der Waals surface area contributed by atoms with Gasteiger partial charge in [0.1, 0.15) is 12.4 Å². The van der Waals surface area contributed by atoms with Gasteiger partial charge < -0.3 is 15.4 Å². The summed E-state index contributed by atoms with van der Waals surface area (Å²) < 4.78 is 32.8. The molecule has 10 heteroatoms. The summed E-state index contributed by atoms with van der Waals surface area (Å²) in [5.74, 6) is 0.0274. The number of rotatable bonds is 7. The lowest BCUT2D eigenvalue weighted by atomic mass is 10.2. The van der Waals surface area contributed by atoms with E-state index in [9.17, 15) is 18.0 Å². The molecule has 1 aliphatic rings. The van der Waals surface area contributed by atoms with Crippen LogP contribution < -0.4 is 15.4 Å². The van der Waals surface area contributed by atoms with E-state index in [0.717, 1.165) is 8.78 Å². The maximum atomic E-state index is 12.6. The molecule has 3 rings (SSSR count). The molecule has 1 saturated heterocycles. The Morgan fingerprint density at radius 3 is 2.66 bits per heavy atom. The number of nitrogens with zero attached hydrogens (tertiary/aromatic N) is 1. The van der Waals surface area contributed by atoms with Gasteiger partial charge in [0.05, 0.1) is 18.0 Å². The van der Waals surface area contributed by atoms with E-state index in [-0.39, 0.29) is 36.3 Å². The van der Waals surface area contributed by atoms with Crippen molar-refractivity contribution in [3.05, 3.63) is 58.6 Å². The van der Waals surface area contributed by atoms with Crippen LogP contribution in [0.1, 0.15) is 10.4 Å². The molecule has 0 radical (unpaired) electrons. The number of sulfonamides is 1. The second kappa shape index (κ2) is 9.38. The van der Waals surface area contributed by atoms with Gasteiger partial charge in [-0.25, -0.2) is 8.42 Å². The maximum absolute atomic E-state index is 12.6. The van der Waals surface area contributed by atoms with Crippen molar-refractivity contribution in [3.8, 4) is 5.75 Å². The van der Waals surface area contributed by atoms with Gasteiger partial charge >= 0.3 is 0 Å². The number of benzene rings is 2. The van der Waals surface area contributed by atoms with Crippen molar-refractivity contribution in [1.82, 2.24) is 14.9 Å². The van der Waals surface area contributed by atoms with Crippen molar-refractivity contribution < 1.29 is 22.7 Å². The Bertz CT molecular complexity index is 995. The minimum Gasteiger partial charge on any atom is -0.492 e. The van der Waals surface area contributed by atoms with E-state index in [0.29, 0.717) is 24.5 Å². The van der Waals surface area contributed by atoms with E-state index >= 15 is 0 Å². The van der Waals surface area contributed by atoms with Crippen LogP contribution in [0.4, 0.5) is 0 Å². The van der Waals surface area contributed by atoms with Gasteiger partial charge in [-0.15, -0.1) is 0 Å². The minimum atomic E-state index is -3.78. The number of nitrogens with one attached hydrogen (secondary N) is 2. The van der Waals surface area contributed by atoms with Crippen molar-refractivity contribution in [3.63, 3.8) is 0 Å². The van der Waals surface area contributed by atoms with Gasteiger partial charge in [0.25, 0.3) is 5.91 Å². The largest absolute Gasteiger partial charge is 0.492 e. The summed E-state index contributed by atoms with van der Waals surface area (Å²) in [7, 11) is -3.78. The van der Waals surface area contributed by atoms with Gasteiger partial charge in [-0.1, -0.05) is 22.0 Å². The molecule has 1 fully saturated rings. The second-order valence-electron chi connectivity index (χ2n) is 6.27. The monoisotopic (exact) mass is 481 g/mol. The molecule has 2 aromatic rings. The number of amides is 2. The van der Waals surface area contributed by atoms with E-state index in [2.05, 4.69) is 26.6 Å². The summed E-state index contributed by atoms with van der Waals surface area (Å²) in [5.41, 5.74) is 0.336. The smallest absolute Gasteiger partial charge is 0.251 e. The molecule has 2 amide bonds. The number of hydrogen-bond donors (Lipinski definition) is 2. The lowest BCUT2D eigenvalue weighted by molar-refractivity contribution is -0.122. The third-order valence-electron chi connectivity index (χ3n) is 4.21. The van der Waals surface area contributed by atoms with Crippen LogP contribution in [0.3, 0.4) is 0 Å². The minimum absolute atomic E-state index is 0.0433. The van der Waals surface area contributed by atoms with Gasteiger partial charge in [0, 0.05) is 23.1 Å². The van der Waals surface area contributed by atoms with E-state index in [1.165, 1.54) is 24.3 Å². The zero-order valence-corrected chi connectivity index (χ0v) is 17.8. The summed E-state index contributed by atoms with van der Waals surface area (Å²) in [6.07, 6.45) is 0. The highest BCUT2D eigenvalue weighted by Crippen LogP contribution is 2.18. The Labute approximate surface area is 177 Å². The fraction of sp³-hybridized carbons (Fsp3) is 0.263. The SMILES string of the molecule is O=C1CN(S(=O)(=O)c2ccc(C(=O)NCCOc3cccc(Br)c3)cc2)CCN1. The molecule has 0 aromatic heterocycles. The first kappa shape index (κ1) is 21.3. The predicted octanol–water partition coefficient (Wildman–Crippen LogP) is 1.38. The number of piperazine rings is 1. The number of carbonyl (C=O) groups excluding carboxylic acids is 2. The quantitative estimate of drug-likeness (QED) is 0.581. The lowest BCUT2D eigenvalue weighted by Gasteiger charge is -2.25. The molecule has 0 saturated carbocycles. The third-order valence-corrected chi connectivity index (χ3v) is 6.56. The van der Waals surface area contributed by atoms with Crippen LogP contribution in [0.15, 0.2) is 57.9 Å². The van der Waals surface area contributed by atoms with Crippen LogP contribution in [0.2, 0.25) is 0 Å². The average Bonchev–Trinajstić information content (AvgIpc) is 2.71. The number of ether oxygens (including phenoxy) is 1. The Kier molecular flexibility index (Phi) is 6.88. The van der Waals surface area contributed by atoms with Crippen LogP contribution in [0, 0.1) is 0 Å². The molecular formula is C19H20BrN3O5S. The molecule has 29 heavy (non-hydrogen) atoms. The fourth-order valence-electron chi connectivity index (χ4n) is 2.74. The molecule has 0 bridgehead atoms. The standard InChI is InChI=1S/C19H20BrN3O5S/c20-15-2-1-3-16(12-15)28-11-9-22-19(25)14-4-6-17(7-5-14)29(26,27)23-10-8-21-18(24)13-23/h1-7,12H,8-11,13H2,(H,21,24)(H,22,25). The molecule has 0 unspecified atom stereocenters. The number of halogens is 1. The molecule has 0 spiro atoms. The molecule has 1 heterocycles. The molecule has 1 aliphatic heterocycles. The Balaban J connectivity index is 1.53. The Morgan fingerprint density at radius 2 is 1.97 bits per heavy atom. The Hall–Kier alpha value is -2.43. The van der Waals surface area contributed by atoms with Gasteiger partial charge in [0.15, 0.2) is 0 Å². The zero-order chi connectivity index (χ0) is 20.9. The first-order valence-corrected chi connectivity index (χ1v) is 11.1. The Morgan fingerprint density at radius 1 is 1.21 bits per heavy atom. The van der Waals surface area contributed by atoms with Gasteiger partial charge in [0.2, 0.25) is 15.9 Å². The highest BCUT2D eigenvalue weighted by atomic mass is 79.9. The summed E-state index contributed by atoms with van der Waals surface area (Å²) in [6.45, 7) is 0.886. The molecule has 0 aliphatic carbocycles. The van der Waals surface area contributed by atoms with E-state index in [1.54, 1.807) is 0 Å². The highest BCUT2D eigenvalue weighted by molar-refractivity contribution is 9.10. The van der Waals surface area contributed by atoms with Crippen LogP contribution in [0.5, 0.6) is 5.75 Å². The first-order valence-electron chi connectivity index (χ1n) is 8.90. The normalized spacial score (nSPS) is 14.9. The average molecular weight is 482 g/mol. The van der Waals surface area contributed by atoms with Crippen LogP contribution in [-0.2, 0) is 14.8 Å². The predicted molar refractivity (Wildman–Crippen MR) is 110 cm³/mol. The zero-order valence-electron chi connectivity index (χ0n) is 15.4. The maximum Gasteiger partial charge on any atom is 0.251 e. The van der Waals surface area contributed by atoms with Crippen LogP contribution in [0.25, 0.3) is 0 Å². The third kappa shape index (κ3) is 5.55. The summed E-state index contributed by atoms with van der Waals surface area (Å²) in [5, 5.41) is 5.31. The molecular weight excluding hydrogens is 462 g/mol. The van der Waals surface area contributed by atoms with E-state index in [1.807, 2.05) is 24.3 Å². The molecule has 2 N–H and O–H groups in total. The first-order chi connectivity index (χ1) is 13.9. The molecule has 2 aromatic carbocycles. The van der Waals surface area contributed by atoms with Crippen molar-refractivity contribution in [2.45, 2.75) is 4.90 Å². The van der Waals surface area contributed by atoms with Gasteiger partial charge in [-0.2, -0.15) is 4.31 Å². The van der Waals surface area contributed by atoms with E-state index < -0.39 is 10.0 Å². The van der Waals surface area contributed by atoms with E-state index in [4.69, 9.17) is 4.74 Å². The second-order valence-corrected chi connectivity index (χ2v) is 9.13. The lowest BCUT2D eigenvalue weighted by Crippen LogP contribution is -2.49. The molecule has 8 nitrogen and oxygen atoms in total. The fourth-order valence-corrected chi connectivity index (χ4v) is 4.52.